The molecule has 0 fully saturated rings. The Morgan fingerprint density at radius 3 is 3.05 bits per heavy atom. The molecule has 0 spiro atoms. The predicted molar refractivity (Wildman–Crippen MR) is 85.5 cm³/mol. The number of aromatic nitrogens is 2. The van der Waals surface area contributed by atoms with Crippen molar-refractivity contribution in [3.8, 4) is 5.75 Å². The van der Waals surface area contributed by atoms with Crippen LogP contribution in [0.5, 0.6) is 5.75 Å². The summed E-state index contributed by atoms with van der Waals surface area (Å²) in [6.45, 7) is 1.77. The number of thioether (sulfide) groups is 1. The van der Waals surface area contributed by atoms with E-state index in [1.54, 1.807) is 18.9 Å². The maximum Gasteiger partial charge on any atom is 0.189 e. The zero-order valence-electron chi connectivity index (χ0n) is 12.1. The molecule has 0 amide bonds. The minimum Gasteiger partial charge on any atom is -0.497 e. The van der Waals surface area contributed by atoms with Crippen LogP contribution in [0, 0.1) is 0 Å². The van der Waals surface area contributed by atoms with E-state index in [-0.39, 0.29) is 0 Å². The first-order valence-electron chi connectivity index (χ1n) is 6.85. The summed E-state index contributed by atoms with van der Waals surface area (Å²) in [5.41, 5.74) is 3.26. The first kappa shape index (κ1) is 14.2. The van der Waals surface area contributed by atoms with Crippen LogP contribution in [0.15, 0.2) is 29.4 Å². The lowest BCUT2D eigenvalue weighted by atomic mass is 10.1. The molecule has 0 unspecified atom stereocenters. The van der Waals surface area contributed by atoms with Crippen molar-refractivity contribution in [2.45, 2.75) is 18.1 Å². The molecule has 21 heavy (non-hydrogen) atoms. The first-order valence-corrected chi connectivity index (χ1v) is 8.08. The van der Waals surface area contributed by atoms with Gasteiger partial charge in [0.1, 0.15) is 11.6 Å². The van der Waals surface area contributed by atoms with Crippen LogP contribution in [-0.2, 0) is 13.0 Å². The molecular formula is C15H18N4OS. The number of hydrogen-bond donors (Lipinski definition) is 2. The second-order valence-electron chi connectivity index (χ2n) is 4.77. The summed E-state index contributed by atoms with van der Waals surface area (Å²) < 4.78 is 5.26. The quantitative estimate of drug-likeness (QED) is 0.669. The summed E-state index contributed by atoms with van der Waals surface area (Å²) in [4.78, 5) is 9.23. The van der Waals surface area contributed by atoms with Gasteiger partial charge in [-0.1, -0.05) is 17.8 Å². The average Bonchev–Trinajstić information content (AvgIpc) is 2.55. The number of benzene rings is 1. The normalized spacial score (nSPS) is 13.6. The molecule has 0 bridgehead atoms. The highest BCUT2D eigenvalue weighted by Crippen LogP contribution is 2.27. The van der Waals surface area contributed by atoms with Crippen molar-refractivity contribution in [2.24, 2.45) is 0 Å². The maximum absolute atomic E-state index is 5.26. The number of methoxy groups -OCH3 is 1. The number of ether oxygens (including phenoxy) is 1. The van der Waals surface area contributed by atoms with Gasteiger partial charge in [0.15, 0.2) is 5.16 Å². The van der Waals surface area contributed by atoms with E-state index in [0.717, 1.165) is 53.2 Å². The zero-order chi connectivity index (χ0) is 14.7. The monoisotopic (exact) mass is 302 g/mol. The molecule has 0 atom stereocenters. The molecule has 0 saturated heterocycles. The number of anilines is 2. The summed E-state index contributed by atoms with van der Waals surface area (Å²) in [5, 5.41) is 7.58. The van der Waals surface area contributed by atoms with Gasteiger partial charge in [-0.2, -0.15) is 0 Å². The molecule has 1 aliphatic heterocycles. The molecule has 0 saturated carbocycles. The summed E-state index contributed by atoms with van der Waals surface area (Å²) in [6.07, 6.45) is 2.94. The molecule has 1 aliphatic rings. The molecule has 0 radical (unpaired) electrons. The topological polar surface area (TPSA) is 59.1 Å². The number of nitrogens with one attached hydrogen (secondary N) is 2. The third-order valence-corrected chi connectivity index (χ3v) is 3.98. The molecule has 1 aromatic heterocycles. The lowest BCUT2D eigenvalue weighted by Crippen LogP contribution is -2.26. The molecule has 110 valence electrons. The highest BCUT2D eigenvalue weighted by Gasteiger charge is 2.17. The van der Waals surface area contributed by atoms with Crippen LogP contribution in [0.1, 0.15) is 11.3 Å². The Kier molecular flexibility index (Phi) is 4.26. The molecule has 5 nitrogen and oxygen atoms in total. The fourth-order valence-electron chi connectivity index (χ4n) is 2.35. The smallest absolute Gasteiger partial charge is 0.189 e. The van der Waals surface area contributed by atoms with Crippen molar-refractivity contribution in [3.63, 3.8) is 0 Å². The van der Waals surface area contributed by atoms with Crippen LogP contribution in [0.4, 0.5) is 11.5 Å². The summed E-state index contributed by atoms with van der Waals surface area (Å²) in [7, 11) is 1.67. The van der Waals surface area contributed by atoms with Crippen LogP contribution in [0.25, 0.3) is 0 Å². The largest absolute Gasteiger partial charge is 0.497 e. The molecule has 2 heterocycles. The predicted octanol–water partition coefficient (Wildman–Crippen LogP) is 2.60. The second-order valence-corrected chi connectivity index (χ2v) is 5.54. The molecule has 6 heteroatoms. The Hall–Kier alpha value is -1.79. The Morgan fingerprint density at radius 2 is 2.24 bits per heavy atom. The number of nitrogens with zero attached hydrogens (tertiary/aromatic N) is 2. The van der Waals surface area contributed by atoms with Gasteiger partial charge in [0.25, 0.3) is 0 Å². The Morgan fingerprint density at radius 1 is 1.33 bits per heavy atom. The zero-order valence-corrected chi connectivity index (χ0v) is 13.0. The fourth-order valence-corrected chi connectivity index (χ4v) is 2.74. The van der Waals surface area contributed by atoms with Gasteiger partial charge >= 0.3 is 0 Å². The Labute approximate surface area is 128 Å². The van der Waals surface area contributed by atoms with Crippen LogP contribution in [0.2, 0.25) is 0 Å². The maximum atomic E-state index is 5.26. The van der Waals surface area contributed by atoms with Crippen molar-refractivity contribution in [3.05, 3.63) is 35.5 Å². The van der Waals surface area contributed by atoms with E-state index < -0.39 is 0 Å². The van der Waals surface area contributed by atoms with Gasteiger partial charge in [-0.3, -0.25) is 0 Å². The van der Waals surface area contributed by atoms with Gasteiger partial charge in [-0.05, 0) is 18.4 Å². The summed E-state index contributed by atoms with van der Waals surface area (Å²) in [6, 6.07) is 7.85. The average molecular weight is 302 g/mol. The van der Waals surface area contributed by atoms with Crippen LogP contribution in [0.3, 0.4) is 0 Å². The highest BCUT2D eigenvalue weighted by molar-refractivity contribution is 7.98. The van der Waals surface area contributed by atoms with E-state index in [0.29, 0.717) is 0 Å². The Bertz CT molecular complexity index is 648. The summed E-state index contributed by atoms with van der Waals surface area (Å²) >= 11 is 1.57. The van der Waals surface area contributed by atoms with E-state index in [4.69, 9.17) is 4.74 Å². The van der Waals surface area contributed by atoms with Crippen LogP contribution in [-0.4, -0.2) is 29.9 Å². The van der Waals surface area contributed by atoms with Gasteiger partial charge in [-0.15, -0.1) is 0 Å². The SMILES string of the molecule is COc1cccc(Nc2nc(SC)nc3c2CNCC3)c1. The van der Waals surface area contributed by atoms with E-state index in [1.807, 2.05) is 30.5 Å². The van der Waals surface area contributed by atoms with Gasteiger partial charge in [0.2, 0.25) is 0 Å². The van der Waals surface area contributed by atoms with Crippen LogP contribution < -0.4 is 15.4 Å². The van der Waals surface area contributed by atoms with Gasteiger partial charge in [0, 0.05) is 36.8 Å². The van der Waals surface area contributed by atoms with E-state index >= 15 is 0 Å². The first-order chi connectivity index (χ1) is 10.3. The minimum absolute atomic E-state index is 0.802. The van der Waals surface area contributed by atoms with Crippen molar-refractivity contribution >= 4 is 23.3 Å². The molecule has 1 aromatic carbocycles. The molecule has 0 aliphatic carbocycles. The Balaban J connectivity index is 1.96. The van der Waals surface area contributed by atoms with Gasteiger partial charge in [-0.25, -0.2) is 9.97 Å². The third-order valence-electron chi connectivity index (χ3n) is 3.43. The minimum atomic E-state index is 0.802. The second kappa shape index (κ2) is 6.32. The lowest BCUT2D eigenvalue weighted by Gasteiger charge is -2.20. The van der Waals surface area contributed by atoms with Crippen molar-refractivity contribution in [1.29, 1.82) is 0 Å². The van der Waals surface area contributed by atoms with E-state index in [9.17, 15) is 0 Å². The highest BCUT2D eigenvalue weighted by atomic mass is 32.2. The van der Waals surface area contributed by atoms with Crippen LogP contribution >= 0.6 is 11.8 Å². The molecule has 3 rings (SSSR count). The molecule has 2 aromatic rings. The van der Waals surface area contributed by atoms with E-state index in [1.165, 1.54) is 0 Å². The fraction of sp³-hybridized carbons (Fsp3) is 0.333. The third kappa shape index (κ3) is 3.11. The van der Waals surface area contributed by atoms with Gasteiger partial charge < -0.3 is 15.4 Å². The number of rotatable bonds is 4. The van der Waals surface area contributed by atoms with E-state index in [2.05, 4.69) is 20.6 Å². The molecule has 2 N–H and O–H groups in total. The standard InChI is InChI=1S/C15H18N4OS/c1-20-11-5-3-4-10(8-11)17-14-12-9-16-7-6-13(12)18-15(19-14)21-2/h3-5,8,16H,6-7,9H2,1-2H3,(H,17,18,19). The van der Waals surface area contributed by atoms with Crippen molar-refractivity contribution < 1.29 is 4.74 Å². The van der Waals surface area contributed by atoms with Crippen molar-refractivity contribution in [1.82, 2.24) is 15.3 Å². The summed E-state index contributed by atoms with van der Waals surface area (Å²) in [5.74, 6) is 1.70. The molecular weight excluding hydrogens is 284 g/mol. The van der Waals surface area contributed by atoms with Crippen molar-refractivity contribution in [2.75, 3.05) is 25.2 Å². The number of fused-ring (bicyclic) bond motifs is 1. The van der Waals surface area contributed by atoms with Gasteiger partial charge in [0.05, 0.1) is 12.8 Å². The number of hydrogen-bond acceptors (Lipinski definition) is 6. The lowest BCUT2D eigenvalue weighted by molar-refractivity contribution is 0.415.